The Labute approximate surface area is 158 Å². The molecule has 1 aliphatic rings. The Morgan fingerprint density at radius 1 is 1.21 bits per heavy atom. The first-order valence-corrected chi connectivity index (χ1v) is 8.49. The van der Waals surface area contributed by atoms with Gasteiger partial charge in [-0.1, -0.05) is 6.07 Å². The number of morpholine rings is 1. The minimum atomic E-state index is -4.48. The first kappa shape index (κ1) is 19.7. The van der Waals surface area contributed by atoms with Crippen molar-refractivity contribution >= 4 is 29.2 Å². The van der Waals surface area contributed by atoms with Crippen LogP contribution in [-0.4, -0.2) is 48.7 Å². The summed E-state index contributed by atoms with van der Waals surface area (Å²) in [5, 5.41) is 5.22. The fraction of sp³-hybridized carbons (Fsp3) is 0.353. The molecule has 11 heteroatoms. The molecule has 3 rings (SSSR count). The minimum absolute atomic E-state index is 0.0461. The van der Waals surface area contributed by atoms with Gasteiger partial charge in [0, 0.05) is 24.8 Å². The second-order valence-electron chi connectivity index (χ2n) is 6.05. The van der Waals surface area contributed by atoms with Gasteiger partial charge < -0.3 is 26.0 Å². The lowest BCUT2D eigenvalue weighted by Gasteiger charge is -2.28. The van der Waals surface area contributed by atoms with Crippen LogP contribution in [-0.2, 0) is 15.7 Å². The summed E-state index contributed by atoms with van der Waals surface area (Å²) < 4.78 is 43.5. The molecule has 150 valence electrons. The Hall–Kier alpha value is -3.08. The van der Waals surface area contributed by atoms with Crippen molar-refractivity contribution in [2.75, 3.05) is 54.1 Å². The Morgan fingerprint density at radius 3 is 2.68 bits per heavy atom. The highest BCUT2D eigenvalue weighted by atomic mass is 19.4. The lowest BCUT2D eigenvalue weighted by atomic mass is 10.2. The summed E-state index contributed by atoms with van der Waals surface area (Å²) in [6.45, 7) is 2.27. The number of hydrogen-bond acceptors (Lipinski definition) is 7. The van der Waals surface area contributed by atoms with Gasteiger partial charge in [-0.15, -0.1) is 0 Å². The predicted molar refractivity (Wildman–Crippen MR) is 98.0 cm³/mol. The van der Waals surface area contributed by atoms with E-state index in [1.54, 1.807) is 6.07 Å². The second-order valence-corrected chi connectivity index (χ2v) is 6.05. The highest BCUT2D eigenvalue weighted by Crippen LogP contribution is 2.30. The number of benzene rings is 1. The number of anilines is 4. The highest BCUT2D eigenvalue weighted by molar-refractivity contribution is 5.93. The summed E-state index contributed by atoms with van der Waals surface area (Å²) in [5.41, 5.74) is 4.94. The molecule has 8 nitrogen and oxygen atoms in total. The van der Waals surface area contributed by atoms with Crippen LogP contribution in [0.1, 0.15) is 5.56 Å². The number of halogens is 3. The average molecular weight is 396 g/mol. The van der Waals surface area contributed by atoms with Gasteiger partial charge >= 0.3 is 6.18 Å². The SMILES string of the molecule is Nc1nc(NCC(=O)Nc2cccc(C(F)(F)F)c2)cc(N2CCOCC2)n1. The molecule has 0 bridgehead atoms. The van der Waals surface area contributed by atoms with Crippen LogP contribution in [0.25, 0.3) is 0 Å². The zero-order valence-corrected chi connectivity index (χ0v) is 14.8. The quantitative estimate of drug-likeness (QED) is 0.710. The molecular weight excluding hydrogens is 377 g/mol. The molecule has 1 aromatic heterocycles. The Balaban J connectivity index is 1.61. The van der Waals surface area contributed by atoms with E-state index in [1.165, 1.54) is 12.1 Å². The van der Waals surface area contributed by atoms with Crippen molar-refractivity contribution in [3.05, 3.63) is 35.9 Å². The number of nitrogens with zero attached hydrogens (tertiary/aromatic N) is 3. The molecule has 0 atom stereocenters. The maximum atomic E-state index is 12.7. The van der Waals surface area contributed by atoms with Gasteiger partial charge in [-0.25, -0.2) is 0 Å². The molecule has 2 heterocycles. The number of carbonyl (C=O) groups is 1. The molecule has 28 heavy (non-hydrogen) atoms. The molecule has 1 amide bonds. The van der Waals surface area contributed by atoms with E-state index in [2.05, 4.69) is 20.6 Å². The van der Waals surface area contributed by atoms with Crippen molar-refractivity contribution < 1.29 is 22.7 Å². The molecule has 0 spiro atoms. The number of amides is 1. The van der Waals surface area contributed by atoms with Gasteiger partial charge in [0.25, 0.3) is 0 Å². The van der Waals surface area contributed by atoms with E-state index >= 15 is 0 Å². The predicted octanol–water partition coefficient (Wildman–Crippen LogP) is 1.96. The Kier molecular flexibility index (Phi) is 5.83. The zero-order valence-electron chi connectivity index (χ0n) is 14.8. The summed E-state index contributed by atoms with van der Waals surface area (Å²) in [5.74, 6) is 0.471. The summed E-state index contributed by atoms with van der Waals surface area (Å²) in [6, 6.07) is 6.07. The second kappa shape index (κ2) is 8.30. The van der Waals surface area contributed by atoms with E-state index in [9.17, 15) is 18.0 Å². The maximum Gasteiger partial charge on any atom is 0.416 e. The largest absolute Gasteiger partial charge is 0.416 e. The lowest BCUT2D eigenvalue weighted by molar-refractivity contribution is -0.137. The summed E-state index contributed by atoms with van der Waals surface area (Å²) in [7, 11) is 0. The van der Waals surface area contributed by atoms with Crippen molar-refractivity contribution in [3.8, 4) is 0 Å². The van der Waals surface area contributed by atoms with E-state index in [1.807, 2.05) is 4.90 Å². The van der Waals surface area contributed by atoms with Crippen LogP contribution in [0, 0.1) is 0 Å². The van der Waals surface area contributed by atoms with Gasteiger partial charge in [-0.3, -0.25) is 4.79 Å². The van der Waals surface area contributed by atoms with Gasteiger partial charge in [0.2, 0.25) is 11.9 Å². The lowest BCUT2D eigenvalue weighted by Crippen LogP contribution is -2.37. The van der Waals surface area contributed by atoms with Gasteiger partial charge in [-0.2, -0.15) is 23.1 Å². The molecule has 0 saturated carbocycles. The standard InChI is InChI=1S/C17H19F3N6O2/c18-17(19,20)11-2-1-3-12(8-11)23-15(27)10-22-13-9-14(25-16(21)24-13)26-4-6-28-7-5-26/h1-3,8-9H,4-7,10H2,(H,23,27)(H3,21,22,24,25). The van der Waals surface area contributed by atoms with Gasteiger partial charge in [0.05, 0.1) is 25.3 Å². The number of hydrogen-bond donors (Lipinski definition) is 3. The zero-order chi connectivity index (χ0) is 20.1. The van der Waals surface area contributed by atoms with E-state index in [4.69, 9.17) is 10.5 Å². The van der Waals surface area contributed by atoms with Crippen LogP contribution in [0.2, 0.25) is 0 Å². The molecule has 1 fully saturated rings. The average Bonchev–Trinajstić information content (AvgIpc) is 2.66. The van der Waals surface area contributed by atoms with Gasteiger partial charge in [0.1, 0.15) is 11.6 Å². The monoisotopic (exact) mass is 396 g/mol. The smallest absolute Gasteiger partial charge is 0.378 e. The van der Waals surface area contributed by atoms with Gasteiger partial charge in [0.15, 0.2) is 0 Å². The number of ether oxygens (including phenoxy) is 1. The molecule has 1 aromatic carbocycles. The molecule has 1 saturated heterocycles. The number of carbonyl (C=O) groups excluding carboxylic acids is 1. The van der Waals surface area contributed by atoms with Gasteiger partial charge in [-0.05, 0) is 18.2 Å². The third-order valence-electron chi connectivity index (χ3n) is 3.97. The molecular formula is C17H19F3N6O2. The number of aromatic nitrogens is 2. The van der Waals surface area contributed by atoms with Crippen molar-refractivity contribution in [1.82, 2.24) is 9.97 Å². The number of rotatable bonds is 5. The fourth-order valence-electron chi connectivity index (χ4n) is 2.65. The topological polar surface area (TPSA) is 105 Å². The maximum absolute atomic E-state index is 12.7. The molecule has 0 unspecified atom stereocenters. The summed E-state index contributed by atoms with van der Waals surface area (Å²) in [4.78, 5) is 22.2. The van der Waals surface area contributed by atoms with Crippen LogP contribution in [0.5, 0.6) is 0 Å². The number of nitrogens with one attached hydrogen (secondary N) is 2. The van der Waals surface area contributed by atoms with E-state index in [0.29, 0.717) is 37.9 Å². The van der Waals surface area contributed by atoms with E-state index in [-0.39, 0.29) is 18.2 Å². The fourth-order valence-corrected chi connectivity index (χ4v) is 2.65. The van der Waals surface area contributed by atoms with Crippen molar-refractivity contribution in [1.29, 1.82) is 0 Å². The third-order valence-corrected chi connectivity index (χ3v) is 3.97. The molecule has 0 radical (unpaired) electrons. The number of alkyl halides is 3. The normalized spacial score (nSPS) is 14.6. The summed E-state index contributed by atoms with van der Waals surface area (Å²) >= 11 is 0. The highest BCUT2D eigenvalue weighted by Gasteiger charge is 2.30. The molecule has 2 aromatic rings. The third kappa shape index (κ3) is 5.22. The van der Waals surface area contributed by atoms with Crippen molar-refractivity contribution in [2.45, 2.75) is 6.18 Å². The molecule has 4 N–H and O–H groups in total. The van der Waals surface area contributed by atoms with Crippen molar-refractivity contribution in [3.63, 3.8) is 0 Å². The minimum Gasteiger partial charge on any atom is -0.378 e. The van der Waals surface area contributed by atoms with Crippen LogP contribution in [0.3, 0.4) is 0 Å². The van der Waals surface area contributed by atoms with Crippen LogP contribution in [0.4, 0.5) is 36.4 Å². The first-order valence-electron chi connectivity index (χ1n) is 8.49. The van der Waals surface area contributed by atoms with Crippen LogP contribution < -0.4 is 21.3 Å². The van der Waals surface area contributed by atoms with Crippen LogP contribution >= 0.6 is 0 Å². The number of nitrogen functional groups attached to an aromatic ring is 1. The van der Waals surface area contributed by atoms with E-state index < -0.39 is 17.6 Å². The molecule has 0 aliphatic carbocycles. The van der Waals surface area contributed by atoms with Crippen molar-refractivity contribution in [2.24, 2.45) is 0 Å². The summed E-state index contributed by atoms with van der Waals surface area (Å²) in [6.07, 6.45) is -4.48. The Morgan fingerprint density at radius 2 is 1.96 bits per heavy atom. The first-order chi connectivity index (χ1) is 13.3. The number of nitrogens with two attached hydrogens (primary N) is 1. The van der Waals surface area contributed by atoms with E-state index in [0.717, 1.165) is 12.1 Å². The van der Waals surface area contributed by atoms with Crippen LogP contribution in [0.15, 0.2) is 30.3 Å². The molecule has 1 aliphatic heterocycles. The Bertz CT molecular complexity index is 840.